The zero-order chi connectivity index (χ0) is 25.2. The first-order valence-corrected chi connectivity index (χ1v) is 12.7. The molecule has 0 radical (unpaired) electrons. The Hall–Kier alpha value is -3.74. The number of thiophene rings is 1. The molecular weight excluding hydrogens is 470 g/mol. The summed E-state index contributed by atoms with van der Waals surface area (Å²) < 4.78 is 13.0. The molecule has 0 unspecified atom stereocenters. The number of carboxylic acids is 1. The molecular formula is C30H27NO4S. The Morgan fingerprint density at radius 3 is 2.50 bits per heavy atom. The lowest BCUT2D eigenvalue weighted by Gasteiger charge is -2.22. The van der Waals surface area contributed by atoms with Gasteiger partial charge in [-0.2, -0.15) is 0 Å². The van der Waals surface area contributed by atoms with Crippen LogP contribution >= 0.6 is 11.3 Å². The van der Waals surface area contributed by atoms with Crippen molar-refractivity contribution in [2.45, 2.75) is 26.4 Å². The number of rotatable bonds is 8. The summed E-state index contributed by atoms with van der Waals surface area (Å²) in [4.78, 5) is 18.5. The Labute approximate surface area is 214 Å². The van der Waals surface area contributed by atoms with Crippen molar-refractivity contribution in [3.05, 3.63) is 95.1 Å². The SMILES string of the molecule is COCC[C@H](Oc1ccc(C)c2nc(-c3sc4ccccc4c3C)cc(C(=O)O)c12)c1ccccc1. The minimum absolute atomic E-state index is 0.184. The number of carboxylic acid groups (broad SMARTS) is 1. The van der Waals surface area contributed by atoms with Crippen LogP contribution in [0, 0.1) is 13.8 Å². The standard InChI is InChI=1S/C30H27NO4S/c1-18-13-14-25(35-24(15-16-34-3)20-9-5-4-6-10-20)27-22(30(32)33)17-23(31-28(18)27)29-19(2)21-11-7-8-12-26(21)36-29/h4-14,17,24H,15-16H2,1-3H3,(H,32,33)/t24-/m0/s1. The zero-order valence-corrected chi connectivity index (χ0v) is 21.3. The molecule has 2 aromatic heterocycles. The summed E-state index contributed by atoms with van der Waals surface area (Å²) in [7, 11) is 1.66. The van der Waals surface area contributed by atoms with Crippen LogP contribution < -0.4 is 4.74 Å². The van der Waals surface area contributed by atoms with Crippen LogP contribution in [-0.2, 0) is 4.74 Å². The fraction of sp³-hybridized carbons (Fsp3) is 0.200. The summed E-state index contributed by atoms with van der Waals surface area (Å²) in [6, 6.07) is 23.6. The number of methoxy groups -OCH3 is 1. The minimum Gasteiger partial charge on any atom is -0.485 e. The molecule has 2 heterocycles. The third kappa shape index (κ3) is 4.45. The molecule has 5 aromatic rings. The molecule has 0 aliphatic carbocycles. The van der Waals surface area contributed by atoms with Crippen LogP contribution in [-0.4, -0.2) is 29.8 Å². The van der Waals surface area contributed by atoms with Gasteiger partial charge in [0.25, 0.3) is 0 Å². The number of benzene rings is 3. The normalized spacial score (nSPS) is 12.2. The van der Waals surface area contributed by atoms with E-state index in [2.05, 4.69) is 19.1 Å². The highest BCUT2D eigenvalue weighted by molar-refractivity contribution is 7.22. The molecule has 0 saturated heterocycles. The topological polar surface area (TPSA) is 68.7 Å². The van der Waals surface area contributed by atoms with Crippen LogP contribution in [0.25, 0.3) is 31.6 Å². The average molecular weight is 498 g/mol. The molecule has 0 aliphatic rings. The molecule has 5 nitrogen and oxygen atoms in total. The van der Waals surface area contributed by atoms with Gasteiger partial charge in [0.2, 0.25) is 0 Å². The molecule has 0 aliphatic heterocycles. The third-order valence-electron chi connectivity index (χ3n) is 6.46. The number of aromatic nitrogens is 1. The molecule has 36 heavy (non-hydrogen) atoms. The molecule has 0 amide bonds. The van der Waals surface area contributed by atoms with Gasteiger partial charge < -0.3 is 14.6 Å². The highest BCUT2D eigenvalue weighted by atomic mass is 32.1. The first-order chi connectivity index (χ1) is 17.5. The lowest BCUT2D eigenvalue weighted by molar-refractivity contribution is 0.0698. The minimum atomic E-state index is -1.01. The summed E-state index contributed by atoms with van der Waals surface area (Å²) in [5, 5.41) is 11.9. The van der Waals surface area contributed by atoms with Gasteiger partial charge in [-0.25, -0.2) is 9.78 Å². The summed E-state index contributed by atoms with van der Waals surface area (Å²) in [5.74, 6) is -0.504. The average Bonchev–Trinajstić information content (AvgIpc) is 3.24. The molecule has 6 heteroatoms. The van der Waals surface area contributed by atoms with Crippen molar-refractivity contribution in [3.8, 4) is 16.3 Å². The molecule has 0 spiro atoms. The molecule has 5 rings (SSSR count). The maximum absolute atomic E-state index is 12.5. The highest BCUT2D eigenvalue weighted by Gasteiger charge is 2.23. The van der Waals surface area contributed by atoms with E-state index in [-0.39, 0.29) is 11.7 Å². The maximum atomic E-state index is 12.5. The summed E-state index contributed by atoms with van der Waals surface area (Å²) in [5.41, 5.74) is 4.49. The smallest absolute Gasteiger partial charge is 0.336 e. The molecule has 0 bridgehead atoms. The van der Waals surface area contributed by atoms with Crippen LogP contribution in [0.5, 0.6) is 5.75 Å². The van der Waals surface area contributed by atoms with E-state index in [0.29, 0.717) is 35.4 Å². The number of ether oxygens (including phenoxy) is 2. The van der Waals surface area contributed by atoms with E-state index in [9.17, 15) is 9.90 Å². The van der Waals surface area contributed by atoms with Gasteiger partial charge in [-0.1, -0.05) is 54.6 Å². The summed E-state index contributed by atoms with van der Waals surface area (Å²) in [6.07, 6.45) is 0.341. The van der Waals surface area contributed by atoms with E-state index in [1.165, 1.54) is 0 Å². The number of fused-ring (bicyclic) bond motifs is 2. The maximum Gasteiger partial charge on any atom is 0.336 e. The monoisotopic (exact) mass is 497 g/mol. The van der Waals surface area contributed by atoms with Crippen molar-refractivity contribution in [1.82, 2.24) is 4.98 Å². The fourth-order valence-electron chi connectivity index (χ4n) is 4.58. The Morgan fingerprint density at radius 2 is 1.78 bits per heavy atom. The number of pyridine rings is 1. The van der Waals surface area contributed by atoms with Crippen molar-refractivity contribution in [1.29, 1.82) is 0 Å². The number of aromatic carboxylic acids is 1. The lowest BCUT2D eigenvalue weighted by Crippen LogP contribution is -2.12. The molecule has 1 atom stereocenters. The van der Waals surface area contributed by atoms with Gasteiger partial charge in [0, 0.05) is 18.2 Å². The number of hydrogen-bond acceptors (Lipinski definition) is 5. The van der Waals surface area contributed by atoms with E-state index in [1.807, 2.05) is 61.5 Å². The largest absolute Gasteiger partial charge is 0.485 e. The van der Waals surface area contributed by atoms with Crippen molar-refractivity contribution in [2.75, 3.05) is 13.7 Å². The molecule has 182 valence electrons. The van der Waals surface area contributed by atoms with Gasteiger partial charge in [0.1, 0.15) is 11.9 Å². The highest BCUT2D eigenvalue weighted by Crippen LogP contribution is 2.41. The predicted molar refractivity (Wildman–Crippen MR) is 145 cm³/mol. The molecule has 3 aromatic carbocycles. The first-order valence-electron chi connectivity index (χ1n) is 11.8. The quantitative estimate of drug-likeness (QED) is 0.239. The third-order valence-corrected chi connectivity index (χ3v) is 7.75. The van der Waals surface area contributed by atoms with Gasteiger partial charge in [-0.15, -0.1) is 11.3 Å². The number of hydrogen-bond donors (Lipinski definition) is 1. The Balaban J connectivity index is 1.68. The van der Waals surface area contributed by atoms with Gasteiger partial charge in [0.05, 0.1) is 33.6 Å². The van der Waals surface area contributed by atoms with Crippen LogP contribution in [0.4, 0.5) is 0 Å². The Kier molecular flexibility index (Phi) is 6.72. The lowest BCUT2D eigenvalue weighted by atomic mass is 10.0. The second kappa shape index (κ2) is 10.1. The number of aryl methyl sites for hydroxylation is 2. The summed E-state index contributed by atoms with van der Waals surface area (Å²) >= 11 is 1.63. The fourth-order valence-corrected chi connectivity index (χ4v) is 5.75. The molecule has 0 fully saturated rings. The van der Waals surface area contributed by atoms with Gasteiger partial charge >= 0.3 is 5.97 Å². The second-order valence-corrected chi connectivity index (χ2v) is 9.87. The van der Waals surface area contributed by atoms with Crippen molar-refractivity contribution < 1.29 is 19.4 Å². The zero-order valence-electron chi connectivity index (χ0n) is 20.4. The van der Waals surface area contributed by atoms with Gasteiger partial charge in [0.15, 0.2) is 0 Å². The molecule has 1 N–H and O–H groups in total. The van der Waals surface area contributed by atoms with Crippen LogP contribution in [0.1, 0.15) is 39.6 Å². The number of nitrogens with zero attached hydrogens (tertiary/aromatic N) is 1. The Bertz CT molecular complexity index is 1560. The van der Waals surface area contributed by atoms with Gasteiger partial charge in [-0.05, 0) is 54.1 Å². The van der Waals surface area contributed by atoms with E-state index in [1.54, 1.807) is 24.5 Å². The second-order valence-electron chi connectivity index (χ2n) is 8.82. The molecule has 0 saturated carbocycles. The predicted octanol–water partition coefficient (Wildman–Crippen LogP) is 7.59. The Morgan fingerprint density at radius 1 is 1.03 bits per heavy atom. The van der Waals surface area contributed by atoms with Gasteiger partial charge in [-0.3, -0.25) is 0 Å². The van der Waals surface area contributed by atoms with Crippen LogP contribution in [0.2, 0.25) is 0 Å². The summed E-state index contributed by atoms with van der Waals surface area (Å²) in [6.45, 7) is 4.53. The van der Waals surface area contributed by atoms with Crippen molar-refractivity contribution >= 4 is 38.3 Å². The first kappa shape index (κ1) is 24.0. The van der Waals surface area contributed by atoms with E-state index in [4.69, 9.17) is 14.5 Å². The van der Waals surface area contributed by atoms with E-state index >= 15 is 0 Å². The van der Waals surface area contributed by atoms with Crippen LogP contribution in [0.15, 0.2) is 72.8 Å². The van der Waals surface area contributed by atoms with Crippen molar-refractivity contribution in [3.63, 3.8) is 0 Å². The number of carbonyl (C=O) groups is 1. The van der Waals surface area contributed by atoms with Crippen molar-refractivity contribution in [2.24, 2.45) is 0 Å². The van der Waals surface area contributed by atoms with E-state index < -0.39 is 5.97 Å². The van der Waals surface area contributed by atoms with Crippen LogP contribution in [0.3, 0.4) is 0 Å². The van der Waals surface area contributed by atoms with E-state index in [0.717, 1.165) is 31.7 Å².